The van der Waals surface area contributed by atoms with E-state index in [0.717, 1.165) is 28.1 Å². The van der Waals surface area contributed by atoms with Gasteiger partial charge in [-0.1, -0.05) is 63.2 Å². The zero-order chi connectivity index (χ0) is 30.2. The maximum absolute atomic E-state index is 14.6. The number of aliphatic hydroxyl groups excluding tert-OH is 2. The zero-order valence-corrected chi connectivity index (χ0v) is 24.8. The van der Waals surface area contributed by atoms with Crippen molar-refractivity contribution < 1.29 is 29.3 Å². The number of aliphatic hydroxyl groups is 2. The highest BCUT2D eigenvalue weighted by Gasteiger charge is 2.65. The Morgan fingerprint density at radius 2 is 1.83 bits per heavy atom. The summed E-state index contributed by atoms with van der Waals surface area (Å²) in [6, 6.07) is 23.1. The Kier molecular flexibility index (Phi) is 8.16. The molecule has 1 saturated heterocycles. The summed E-state index contributed by atoms with van der Waals surface area (Å²) in [7, 11) is 1.64. The molecule has 0 aliphatic carbocycles. The fraction of sp³-hybridized carbons (Fsp3) is 0.412. The van der Waals surface area contributed by atoms with Crippen molar-refractivity contribution in [3.8, 4) is 5.75 Å². The second kappa shape index (κ2) is 11.5. The topological polar surface area (TPSA) is 108 Å². The molecule has 3 N–H and O–H groups in total. The van der Waals surface area contributed by atoms with Gasteiger partial charge in [0.15, 0.2) is 5.60 Å². The maximum atomic E-state index is 14.6. The third-order valence-corrected chi connectivity index (χ3v) is 9.07. The molecule has 2 amide bonds. The fourth-order valence-corrected chi connectivity index (χ4v) is 7.00. The number of benzene rings is 3. The van der Waals surface area contributed by atoms with Gasteiger partial charge in [0.25, 0.3) is 11.8 Å². The van der Waals surface area contributed by atoms with Crippen molar-refractivity contribution in [1.82, 2.24) is 0 Å². The van der Waals surface area contributed by atoms with Gasteiger partial charge in [0.1, 0.15) is 11.9 Å². The first-order valence-corrected chi connectivity index (χ1v) is 14.5. The van der Waals surface area contributed by atoms with Gasteiger partial charge in [0.2, 0.25) is 0 Å². The van der Waals surface area contributed by atoms with Crippen molar-refractivity contribution in [3.05, 3.63) is 89.5 Å². The van der Waals surface area contributed by atoms with Crippen molar-refractivity contribution >= 4 is 23.2 Å². The van der Waals surface area contributed by atoms with Crippen molar-refractivity contribution in [3.63, 3.8) is 0 Å². The van der Waals surface area contributed by atoms with E-state index in [0.29, 0.717) is 12.1 Å². The molecule has 0 saturated carbocycles. The van der Waals surface area contributed by atoms with Crippen LogP contribution < -0.4 is 15.0 Å². The van der Waals surface area contributed by atoms with Crippen LogP contribution in [0.3, 0.4) is 0 Å². The normalized spacial score (nSPS) is 24.1. The average Bonchev–Trinajstić information content (AvgIpc) is 3.40. The molecule has 3 aromatic carbocycles. The molecule has 42 heavy (non-hydrogen) atoms. The zero-order valence-electron chi connectivity index (χ0n) is 24.8. The fourth-order valence-electron chi connectivity index (χ4n) is 7.00. The number of carbonyl (C=O) groups is 2. The average molecular weight is 573 g/mol. The van der Waals surface area contributed by atoms with E-state index in [-0.39, 0.29) is 42.4 Å². The van der Waals surface area contributed by atoms with Gasteiger partial charge in [-0.15, -0.1) is 0 Å². The largest absolute Gasteiger partial charge is 0.497 e. The van der Waals surface area contributed by atoms with Gasteiger partial charge in [-0.25, -0.2) is 0 Å². The quantitative estimate of drug-likeness (QED) is 0.341. The summed E-state index contributed by atoms with van der Waals surface area (Å²) >= 11 is 0. The second-order valence-corrected chi connectivity index (χ2v) is 11.9. The van der Waals surface area contributed by atoms with Gasteiger partial charge in [-0.2, -0.15) is 0 Å². The van der Waals surface area contributed by atoms with Gasteiger partial charge in [0.05, 0.1) is 25.4 Å². The van der Waals surface area contributed by atoms with E-state index in [9.17, 15) is 19.8 Å². The molecule has 8 heteroatoms. The van der Waals surface area contributed by atoms with E-state index < -0.39 is 17.6 Å². The Morgan fingerprint density at radius 3 is 2.50 bits per heavy atom. The predicted octanol–water partition coefficient (Wildman–Crippen LogP) is 4.77. The Balaban J connectivity index is 1.52. The molecule has 5 atom stereocenters. The van der Waals surface area contributed by atoms with E-state index in [2.05, 4.69) is 38.2 Å². The molecule has 0 unspecified atom stereocenters. The van der Waals surface area contributed by atoms with Crippen LogP contribution in [0.1, 0.15) is 50.8 Å². The number of ether oxygens (including phenoxy) is 2. The number of methoxy groups -OCH3 is 1. The number of nitrogens with zero attached hydrogens (tertiary/aromatic N) is 1. The Bertz CT molecular complexity index is 1450. The van der Waals surface area contributed by atoms with Gasteiger partial charge < -0.3 is 29.9 Å². The highest BCUT2D eigenvalue weighted by Crippen LogP contribution is 2.59. The van der Waals surface area contributed by atoms with Crippen molar-refractivity contribution in [2.45, 2.75) is 63.9 Å². The van der Waals surface area contributed by atoms with Crippen LogP contribution in [0.4, 0.5) is 11.4 Å². The number of hydrogen-bond acceptors (Lipinski definition) is 6. The molecular formula is C34H40N2O6. The minimum Gasteiger partial charge on any atom is -0.497 e. The minimum atomic E-state index is -1.21. The number of fused-ring (bicyclic) bond motifs is 2. The molecule has 0 radical (unpaired) electrons. The van der Waals surface area contributed by atoms with Gasteiger partial charge in [-0.05, 0) is 60.2 Å². The third-order valence-electron chi connectivity index (χ3n) is 9.07. The summed E-state index contributed by atoms with van der Waals surface area (Å²) in [4.78, 5) is 28.4. The van der Waals surface area contributed by atoms with Crippen LogP contribution in [0, 0.1) is 11.8 Å². The Labute approximate surface area is 247 Å². The highest BCUT2D eigenvalue weighted by molar-refractivity contribution is 6.07. The number of hydrogen-bond donors (Lipinski definition) is 3. The second-order valence-electron chi connectivity index (χ2n) is 11.9. The number of amides is 2. The van der Waals surface area contributed by atoms with E-state index >= 15 is 0 Å². The first kappa shape index (κ1) is 29.8. The van der Waals surface area contributed by atoms with Crippen molar-refractivity contribution in [2.75, 3.05) is 23.9 Å². The molecule has 0 aromatic heterocycles. The summed E-state index contributed by atoms with van der Waals surface area (Å²) in [5.41, 5.74) is 2.51. The van der Waals surface area contributed by atoms with Crippen molar-refractivity contribution in [2.24, 2.45) is 11.8 Å². The predicted molar refractivity (Wildman–Crippen MR) is 161 cm³/mol. The smallest absolute Gasteiger partial charge is 0.264 e. The van der Waals surface area contributed by atoms with Gasteiger partial charge in [0, 0.05) is 29.7 Å². The van der Waals surface area contributed by atoms with E-state index in [4.69, 9.17) is 9.47 Å². The molecular weight excluding hydrogens is 532 g/mol. The van der Waals surface area contributed by atoms with Crippen LogP contribution in [0.2, 0.25) is 0 Å². The lowest BCUT2D eigenvalue weighted by Crippen LogP contribution is -2.45. The molecule has 0 bridgehead atoms. The molecule has 2 aliphatic heterocycles. The lowest BCUT2D eigenvalue weighted by Gasteiger charge is -2.38. The summed E-state index contributed by atoms with van der Waals surface area (Å²) in [6.45, 7) is 8.10. The van der Waals surface area contributed by atoms with Crippen LogP contribution >= 0.6 is 0 Å². The van der Waals surface area contributed by atoms with Gasteiger partial charge in [-0.3, -0.25) is 9.59 Å². The number of para-hydroxylation sites is 1. The first-order chi connectivity index (χ1) is 20.0. The minimum absolute atomic E-state index is 0.0484. The van der Waals surface area contributed by atoms with Crippen LogP contribution in [-0.4, -0.2) is 48.0 Å². The number of nitrogens with one attached hydrogen (secondary N) is 1. The molecule has 8 nitrogen and oxygen atoms in total. The van der Waals surface area contributed by atoms with Gasteiger partial charge >= 0.3 is 0 Å². The molecule has 1 spiro atoms. The standard InChI is InChI=1S/C34H40N2O6/c1-21-30(33(3,4)24-13-15-26(41-5)16-14-24)29(17-18-37)42-34(21)27-11-6-7-12-28(27)36(32(34)40)20-23-9-8-10-25(19-23)35-31(39)22(2)38/h6-16,19,21-22,29-30,37-38H,17-18,20H2,1-5H3,(H,35,39)/t21-,22-,29+,30-,34+/m0/s1. The van der Waals surface area contributed by atoms with Crippen LogP contribution in [0.5, 0.6) is 5.75 Å². The SMILES string of the molecule is COc1ccc(C(C)(C)[C@@H]2[C@@H](CCO)O[C@]3(C(=O)N(Cc4cccc(NC(=O)[C@H](C)O)c4)c4ccccc43)[C@H]2C)cc1. The number of anilines is 2. The van der Waals surface area contributed by atoms with E-state index in [1.165, 1.54) is 6.92 Å². The summed E-state index contributed by atoms with van der Waals surface area (Å²) < 4.78 is 12.3. The van der Waals surface area contributed by atoms with E-state index in [1.54, 1.807) is 18.1 Å². The first-order valence-electron chi connectivity index (χ1n) is 14.5. The summed E-state index contributed by atoms with van der Waals surface area (Å²) in [5.74, 6) is -0.137. The Morgan fingerprint density at radius 1 is 1.12 bits per heavy atom. The maximum Gasteiger partial charge on any atom is 0.264 e. The number of carbonyl (C=O) groups excluding carboxylic acids is 2. The lowest BCUT2D eigenvalue weighted by atomic mass is 9.63. The molecule has 2 heterocycles. The molecule has 3 aromatic rings. The summed E-state index contributed by atoms with van der Waals surface area (Å²) in [5, 5.41) is 22.4. The van der Waals surface area contributed by atoms with Crippen LogP contribution in [0.15, 0.2) is 72.8 Å². The van der Waals surface area contributed by atoms with E-state index in [1.807, 2.05) is 54.6 Å². The van der Waals surface area contributed by atoms with Crippen LogP contribution in [0.25, 0.3) is 0 Å². The lowest BCUT2D eigenvalue weighted by molar-refractivity contribution is -0.146. The molecule has 5 rings (SSSR count). The van der Waals surface area contributed by atoms with Crippen LogP contribution in [-0.2, 0) is 31.9 Å². The summed E-state index contributed by atoms with van der Waals surface area (Å²) in [6.07, 6.45) is -1.07. The molecule has 2 aliphatic rings. The third kappa shape index (κ3) is 4.97. The van der Waals surface area contributed by atoms with Crippen molar-refractivity contribution in [1.29, 1.82) is 0 Å². The molecule has 1 fully saturated rings. The number of rotatable bonds is 9. The monoisotopic (exact) mass is 572 g/mol. The Hall–Kier alpha value is -3.72. The highest BCUT2D eigenvalue weighted by atomic mass is 16.5. The molecule has 222 valence electrons.